The van der Waals surface area contributed by atoms with Crippen molar-refractivity contribution in [3.8, 4) is 0 Å². The second-order valence-electron chi connectivity index (χ2n) is 6.02. The van der Waals surface area contributed by atoms with Crippen LogP contribution in [0.2, 0.25) is 0 Å². The summed E-state index contributed by atoms with van der Waals surface area (Å²) in [7, 11) is 0. The molecule has 0 heterocycles. The summed E-state index contributed by atoms with van der Waals surface area (Å²) >= 11 is 0. The van der Waals surface area contributed by atoms with Crippen molar-refractivity contribution >= 4 is 0 Å². The van der Waals surface area contributed by atoms with Crippen molar-refractivity contribution in [2.75, 3.05) is 0 Å². The Morgan fingerprint density at radius 1 is 0.688 bits per heavy atom. The average Bonchev–Trinajstić information content (AvgIpc) is 2.14. The van der Waals surface area contributed by atoms with Crippen LogP contribution in [0.15, 0.2) is 0 Å². The molecule has 0 aromatic rings. The normalized spacial score (nSPS) is 13.7. The summed E-state index contributed by atoms with van der Waals surface area (Å²) < 4.78 is 0. The number of hydrogen-bond acceptors (Lipinski definition) is 1. The van der Waals surface area contributed by atoms with Crippen molar-refractivity contribution in [3.05, 3.63) is 0 Å². The molecule has 1 heteroatoms. The standard InChI is InChI=1S/C15H32O/c1-13(2)10-8-6-5-7-9-11-15(16)12-14(3)4/h13-16H,5-12H2,1-4H3. The number of unbranched alkanes of at least 4 members (excludes halogenated alkanes) is 4. The highest BCUT2D eigenvalue weighted by Crippen LogP contribution is 2.14. The van der Waals surface area contributed by atoms with Gasteiger partial charge in [-0.05, 0) is 24.7 Å². The summed E-state index contributed by atoms with van der Waals surface area (Å²) in [6.07, 6.45) is 9.89. The Morgan fingerprint density at radius 3 is 1.69 bits per heavy atom. The number of rotatable bonds is 10. The van der Waals surface area contributed by atoms with Crippen LogP contribution in [0.25, 0.3) is 0 Å². The quantitative estimate of drug-likeness (QED) is 0.533. The van der Waals surface area contributed by atoms with E-state index in [-0.39, 0.29) is 6.10 Å². The zero-order valence-electron chi connectivity index (χ0n) is 11.8. The van der Waals surface area contributed by atoms with E-state index < -0.39 is 0 Å². The van der Waals surface area contributed by atoms with E-state index in [1.54, 1.807) is 0 Å². The fourth-order valence-electron chi connectivity index (χ4n) is 2.12. The van der Waals surface area contributed by atoms with Gasteiger partial charge >= 0.3 is 0 Å². The van der Waals surface area contributed by atoms with Crippen molar-refractivity contribution in [1.82, 2.24) is 0 Å². The summed E-state index contributed by atoms with van der Waals surface area (Å²) in [5.74, 6) is 1.48. The first-order valence-corrected chi connectivity index (χ1v) is 7.20. The minimum atomic E-state index is -0.0596. The summed E-state index contributed by atoms with van der Waals surface area (Å²) in [5.41, 5.74) is 0. The van der Waals surface area contributed by atoms with Gasteiger partial charge in [-0.1, -0.05) is 66.2 Å². The first-order chi connectivity index (χ1) is 7.52. The van der Waals surface area contributed by atoms with Crippen LogP contribution in [-0.4, -0.2) is 11.2 Å². The summed E-state index contributed by atoms with van der Waals surface area (Å²) in [6.45, 7) is 8.94. The van der Waals surface area contributed by atoms with Gasteiger partial charge in [0.1, 0.15) is 0 Å². The molecule has 0 aliphatic rings. The molecule has 0 saturated heterocycles. The predicted octanol–water partition coefficient (Wildman–Crippen LogP) is 4.78. The molecule has 0 rings (SSSR count). The smallest absolute Gasteiger partial charge is 0.0542 e. The highest BCUT2D eigenvalue weighted by Gasteiger charge is 2.05. The van der Waals surface area contributed by atoms with Crippen LogP contribution in [-0.2, 0) is 0 Å². The zero-order chi connectivity index (χ0) is 12.4. The Hall–Kier alpha value is -0.0400. The minimum absolute atomic E-state index is 0.0596. The monoisotopic (exact) mass is 228 g/mol. The molecule has 1 unspecified atom stereocenters. The van der Waals surface area contributed by atoms with Crippen LogP contribution in [0.3, 0.4) is 0 Å². The minimum Gasteiger partial charge on any atom is -0.393 e. The van der Waals surface area contributed by atoms with Crippen LogP contribution in [0.4, 0.5) is 0 Å². The molecule has 16 heavy (non-hydrogen) atoms. The summed E-state index contributed by atoms with van der Waals surface area (Å²) in [4.78, 5) is 0. The van der Waals surface area contributed by atoms with Crippen LogP contribution in [0, 0.1) is 11.8 Å². The van der Waals surface area contributed by atoms with E-state index in [1.807, 2.05) is 0 Å². The third kappa shape index (κ3) is 12.0. The van der Waals surface area contributed by atoms with Crippen LogP contribution < -0.4 is 0 Å². The van der Waals surface area contributed by atoms with Gasteiger partial charge in [-0.3, -0.25) is 0 Å². The van der Waals surface area contributed by atoms with Crippen LogP contribution in [0.1, 0.15) is 79.1 Å². The van der Waals surface area contributed by atoms with Crippen molar-refractivity contribution in [2.45, 2.75) is 85.2 Å². The van der Waals surface area contributed by atoms with Gasteiger partial charge in [0.05, 0.1) is 6.10 Å². The molecule has 0 spiro atoms. The maximum Gasteiger partial charge on any atom is 0.0542 e. The molecule has 0 fully saturated rings. The molecule has 0 aromatic carbocycles. The summed E-state index contributed by atoms with van der Waals surface area (Å²) in [5, 5.41) is 9.70. The maximum absolute atomic E-state index is 9.70. The SMILES string of the molecule is CC(C)CCCCCCCC(O)CC(C)C. The largest absolute Gasteiger partial charge is 0.393 e. The van der Waals surface area contributed by atoms with Crippen LogP contribution >= 0.6 is 0 Å². The second-order valence-corrected chi connectivity index (χ2v) is 6.02. The van der Waals surface area contributed by atoms with Gasteiger partial charge in [0, 0.05) is 0 Å². The highest BCUT2D eigenvalue weighted by molar-refractivity contribution is 4.59. The molecule has 1 N–H and O–H groups in total. The molecular formula is C15H32O. The number of hydrogen-bond donors (Lipinski definition) is 1. The molecule has 1 nitrogen and oxygen atoms in total. The second kappa shape index (κ2) is 10.1. The Bertz CT molecular complexity index is 140. The lowest BCUT2D eigenvalue weighted by Crippen LogP contribution is -2.09. The van der Waals surface area contributed by atoms with E-state index >= 15 is 0 Å². The van der Waals surface area contributed by atoms with Gasteiger partial charge in [-0.25, -0.2) is 0 Å². The van der Waals surface area contributed by atoms with Gasteiger partial charge in [0.15, 0.2) is 0 Å². The molecule has 0 aromatic heterocycles. The Morgan fingerprint density at radius 2 is 1.19 bits per heavy atom. The molecule has 0 aliphatic carbocycles. The van der Waals surface area contributed by atoms with E-state index in [4.69, 9.17) is 0 Å². The molecule has 0 bridgehead atoms. The molecule has 0 radical (unpaired) electrons. The predicted molar refractivity (Wildman–Crippen MR) is 72.6 cm³/mol. The van der Waals surface area contributed by atoms with Crippen LogP contribution in [0.5, 0.6) is 0 Å². The van der Waals surface area contributed by atoms with Gasteiger partial charge in [-0.15, -0.1) is 0 Å². The van der Waals surface area contributed by atoms with Gasteiger partial charge < -0.3 is 5.11 Å². The fraction of sp³-hybridized carbons (Fsp3) is 1.00. The highest BCUT2D eigenvalue weighted by atomic mass is 16.3. The van der Waals surface area contributed by atoms with E-state index in [1.165, 1.54) is 38.5 Å². The Labute approximate surface area is 103 Å². The first kappa shape index (κ1) is 16.0. The molecule has 0 aliphatic heterocycles. The average molecular weight is 228 g/mol. The topological polar surface area (TPSA) is 20.2 Å². The van der Waals surface area contributed by atoms with E-state index in [0.717, 1.165) is 18.8 Å². The van der Waals surface area contributed by atoms with E-state index in [9.17, 15) is 5.11 Å². The molecule has 1 atom stereocenters. The maximum atomic E-state index is 9.70. The lowest BCUT2D eigenvalue weighted by molar-refractivity contribution is 0.136. The fourth-order valence-corrected chi connectivity index (χ4v) is 2.12. The Kier molecular flexibility index (Phi) is 10.1. The molecule has 98 valence electrons. The van der Waals surface area contributed by atoms with E-state index in [2.05, 4.69) is 27.7 Å². The van der Waals surface area contributed by atoms with Crippen molar-refractivity contribution in [2.24, 2.45) is 11.8 Å². The lowest BCUT2D eigenvalue weighted by Gasteiger charge is -2.12. The zero-order valence-corrected chi connectivity index (χ0v) is 11.8. The van der Waals surface area contributed by atoms with Crippen molar-refractivity contribution < 1.29 is 5.11 Å². The number of aliphatic hydroxyl groups excluding tert-OH is 1. The molecule has 0 amide bonds. The van der Waals surface area contributed by atoms with Gasteiger partial charge in [-0.2, -0.15) is 0 Å². The van der Waals surface area contributed by atoms with Gasteiger partial charge in [0.25, 0.3) is 0 Å². The van der Waals surface area contributed by atoms with Crippen molar-refractivity contribution in [1.29, 1.82) is 0 Å². The summed E-state index contributed by atoms with van der Waals surface area (Å²) in [6, 6.07) is 0. The van der Waals surface area contributed by atoms with Gasteiger partial charge in [0.2, 0.25) is 0 Å². The third-order valence-electron chi connectivity index (χ3n) is 3.06. The number of aliphatic hydroxyl groups is 1. The van der Waals surface area contributed by atoms with Crippen molar-refractivity contribution in [3.63, 3.8) is 0 Å². The lowest BCUT2D eigenvalue weighted by atomic mass is 9.99. The molecular weight excluding hydrogens is 196 g/mol. The third-order valence-corrected chi connectivity index (χ3v) is 3.06. The van der Waals surface area contributed by atoms with E-state index in [0.29, 0.717) is 5.92 Å². The Balaban J connectivity index is 3.14. The first-order valence-electron chi connectivity index (χ1n) is 7.20. The molecule has 0 saturated carbocycles.